The molecular formula is C22H41BrOSi. The number of halogens is 1. The maximum absolute atomic E-state index is 6.39. The number of allylic oxidation sites excluding steroid dienone is 1. The minimum atomic E-state index is -1.45. The van der Waals surface area contributed by atoms with Gasteiger partial charge in [-0.15, -0.1) is 0 Å². The molecule has 1 nitrogen and oxygen atoms in total. The van der Waals surface area contributed by atoms with Gasteiger partial charge in [0.2, 0.25) is 0 Å². The molecule has 0 aromatic rings. The summed E-state index contributed by atoms with van der Waals surface area (Å²) in [6.45, 7) is 16.6. The van der Waals surface area contributed by atoms with Gasteiger partial charge in [-0.2, -0.15) is 0 Å². The molecule has 25 heavy (non-hydrogen) atoms. The van der Waals surface area contributed by atoms with E-state index in [0.717, 1.165) is 17.8 Å². The van der Waals surface area contributed by atoms with Crippen LogP contribution in [0.2, 0.25) is 19.6 Å². The van der Waals surface area contributed by atoms with Crippen molar-refractivity contribution in [3.63, 3.8) is 0 Å². The van der Waals surface area contributed by atoms with Crippen LogP contribution in [-0.4, -0.2) is 13.9 Å². The molecule has 0 spiro atoms. The highest BCUT2D eigenvalue weighted by molar-refractivity contribution is 9.11. The monoisotopic (exact) mass is 428 g/mol. The van der Waals surface area contributed by atoms with E-state index in [1.54, 1.807) is 5.57 Å². The van der Waals surface area contributed by atoms with Gasteiger partial charge in [0.05, 0.1) is 5.60 Å². The molecule has 1 unspecified atom stereocenters. The van der Waals surface area contributed by atoms with Crippen LogP contribution in [0.5, 0.6) is 0 Å². The van der Waals surface area contributed by atoms with Crippen LogP contribution in [-0.2, 0) is 4.43 Å². The minimum absolute atomic E-state index is 0.0447. The lowest BCUT2D eigenvalue weighted by atomic mass is 9.61. The molecule has 2 aliphatic carbocycles. The van der Waals surface area contributed by atoms with Gasteiger partial charge in [-0.25, -0.2) is 0 Å². The Labute approximate surface area is 166 Å². The molecule has 0 radical (unpaired) electrons. The first kappa shape index (κ1) is 21.7. The van der Waals surface area contributed by atoms with E-state index < -0.39 is 8.32 Å². The van der Waals surface area contributed by atoms with Crippen LogP contribution in [0, 0.1) is 23.2 Å². The van der Waals surface area contributed by atoms with E-state index in [4.69, 9.17) is 4.43 Å². The summed E-state index contributed by atoms with van der Waals surface area (Å²) in [6, 6.07) is 0. The smallest absolute Gasteiger partial charge is 0.184 e. The molecular weight excluding hydrogens is 388 g/mol. The van der Waals surface area contributed by atoms with Crippen molar-refractivity contribution in [1.82, 2.24) is 0 Å². The Balaban J connectivity index is 1.90. The molecule has 2 fully saturated rings. The summed E-state index contributed by atoms with van der Waals surface area (Å²) < 4.78 is 6.39. The van der Waals surface area contributed by atoms with E-state index >= 15 is 0 Å². The molecule has 0 aromatic heterocycles. The van der Waals surface area contributed by atoms with Crippen molar-refractivity contribution in [2.75, 3.05) is 0 Å². The van der Waals surface area contributed by atoms with E-state index in [0.29, 0.717) is 5.41 Å². The quantitative estimate of drug-likeness (QED) is 0.374. The third kappa shape index (κ3) is 5.45. The zero-order valence-electron chi connectivity index (χ0n) is 17.8. The predicted octanol–water partition coefficient (Wildman–Crippen LogP) is 7.92. The Morgan fingerprint density at radius 2 is 2.00 bits per heavy atom. The van der Waals surface area contributed by atoms with E-state index in [1.165, 1.54) is 51.4 Å². The van der Waals surface area contributed by atoms with Crippen molar-refractivity contribution in [2.24, 2.45) is 23.2 Å². The maximum Gasteiger partial charge on any atom is 0.184 e. The van der Waals surface area contributed by atoms with E-state index in [-0.39, 0.29) is 5.60 Å². The van der Waals surface area contributed by atoms with Gasteiger partial charge in [0.25, 0.3) is 0 Å². The van der Waals surface area contributed by atoms with Crippen LogP contribution in [0.4, 0.5) is 0 Å². The highest BCUT2D eigenvalue weighted by Crippen LogP contribution is 2.60. The van der Waals surface area contributed by atoms with Crippen molar-refractivity contribution >= 4 is 24.2 Å². The molecule has 2 rings (SSSR count). The molecule has 4 atom stereocenters. The van der Waals surface area contributed by atoms with Crippen LogP contribution < -0.4 is 0 Å². The van der Waals surface area contributed by atoms with Crippen molar-refractivity contribution in [3.05, 3.63) is 10.6 Å². The first-order chi connectivity index (χ1) is 11.5. The largest absolute Gasteiger partial charge is 0.413 e. The van der Waals surface area contributed by atoms with Crippen LogP contribution in [0.3, 0.4) is 0 Å². The van der Waals surface area contributed by atoms with Gasteiger partial charge in [-0.1, -0.05) is 48.2 Å². The molecule has 2 aliphatic rings. The highest BCUT2D eigenvalue weighted by atomic mass is 79.9. The lowest BCUT2D eigenvalue weighted by molar-refractivity contribution is 0.0736. The second-order valence-electron chi connectivity index (χ2n) is 10.6. The fourth-order valence-corrected chi connectivity index (χ4v) is 8.38. The van der Waals surface area contributed by atoms with Gasteiger partial charge < -0.3 is 4.43 Å². The summed E-state index contributed by atoms with van der Waals surface area (Å²) in [4.78, 5) is 2.25. The second-order valence-corrected chi connectivity index (χ2v) is 15.5. The Bertz CT molecular complexity index is 479. The summed E-state index contributed by atoms with van der Waals surface area (Å²) in [5, 5.41) is 0. The molecule has 0 amide bonds. The third-order valence-electron chi connectivity index (χ3n) is 6.89. The number of hydrogen-bond acceptors (Lipinski definition) is 1. The molecule has 0 saturated heterocycles. The van der Waals surface area contributed by atoms with Crippen LogP contribution in [0.1, 0.15) is 79.1 Å². The SMILES string of the molecule is C[C@H](CCCC(C)(C)O[Si](C)(C)C)[C@H]1CCC2/C(=C\Br)CCC[C@@]21C. The molecule has 0 bridgehead atoms. The third-order valence-corrected chi connectivity index (χ3v) is 8.64. The summed E-state index contributed by atoms with van der Waals surface area (Å²) in [5.74, 6) is 2.58. The molecule has 2 saturated carbocycles. The summed E-state index contributed by atoms with van der Waals surface area (Å²) in [6.07, 6.45) is 10.8. The van der Waals surface area contributed by atoms with Crippen LogP contribution in [0.15, 0.2) is 10.6 Å². The molecule has 146 valence electrons. The first-order valence-electron chi connectivity index (χ1n) is 10.5. The minimum Gasteiger partial charge on any atom is -0.413 e. The maximum atomic E-state index is 6.39. The standard InChI is InChI=1S/C22H41BrOSi/c1-17(10-8-14-21(2,3)24-25(5,6)7)19-12-13-20-18(16-23)11-9-15-22(19,20)4/h16-17,19-20H,8-15H2,1-7H3/b18-16-/t17-,19-,20?,22-/m1/s1. The average Bonchev–Trinajstić information content (AvgIpc) is 2.81. The first-order valence-corrected chi connectivity index (χ1v) is 14.8. The zero-order chi connectivity index (χ0) is 18.9. The van der Waals surface area contributed by atoms with Gasteiger partial charge in [0, 0.05) is 0 Å². The number of fused-ring (bicyclic) bond motifs is 1. The molecule has 0 aliphatic heterocycles. The van der Waals surface area contributed by atoms with E-state index in [2.05, 4.69) is 68.3 Å². The highest BCUT2D eigenvalue weighted by Gasteiger charge is 2.50. The lowest BCUT2D eigenvalue weighted by Gasteiger charge is -2.44. The fraction of sp³-hybridized carbons (Fsp3) is 0.909. The topological polar surface area (TPSA) is 9.23 Å². The number of rotatable bonds is 7. The molecule has 0 aromatic carbocycles. The zero-order valence-corrected chi connectivity index (χ0v) is 20.3. The second kappa shape index (κ2) is 8.18. The fourth-order valence-electron chi connectivity index (χ4n) is 6.08. The van der Waals surface area contributed by atoms with Gasteiger partial charge in [-0.05, 0) is 100 Å². The van der Waals surface area contributed by atoms with Crippen molar-refractivity contribution < 1.29 is 4.43 Å². The average molecular weight is 430 g/mol. The molecule has 0 heterocycles. The van der Waals surface area contributed by atoms with Crippen LogP contribution in [0.25, 0.3) is 0 Å². The predicted molar refractivity (Wildman–Crippen MR) is 117 cm³/mol. The summed E-state index contributed by atoms with van der Waals surface area (Å²) >= 11 is 3.64. The molecule has 3 heteroatoms. The summed E-state index contributed by atoms with van der Waals surface area (Å²) in [5.41, 5.74) is 2.28. The van der Waals surface area contributed by atoms with Gasteiger partial charge >= 0.3 is 0 Å². The van der Waals surface area contributed by atoms with Crippen molar-refractivity contribution in [2.45, 2.75) is 104 Å². The van der Waals surface area contributed by atoms with Crippen LogP contribution >= 0.6 is 15.9 Å². The van der Waals surface area contributed by atoms with Gasteiger partial charge in [0.1, 0.15) is 0 Å². The Morgan fingerprint density at radius 1 is 1.32 bits per heavy atom. The van der Waals surface area contributed by atoms with Crippen molar-refractivity contribution in [1.29, 1.82) is 0 Å². The summed E-state index contributed by atoms with van der Waals surface area (Å²) in [7, 11) is -1.45. The van der Waals surface area contributed by atoms with Gasteiger partial charge in [-0.3, -0.25) is 0 Å². The van der Waals surface area contributed by atoms with Gasteiger partial charge in [0.15, 0.2) is 8.32 Å². The van der Waals surface area contributed by atoms with E-state index in [9.17, 15) is 0 Å². The van der Waals surface area contributed by atoms with Crippen molar-refractivity contribution in [3.8, 4) is 0 Å². The Morgan fingerprint density at radius 3 is 2.60 bits per heavy atom. The number of hydrogen-bond donors (Lipinski definition) is 0. The molecule has 0 N–H and O–H groups in total. The lowest BCUT2D eigenvalue weighted by Crippen LogP contribution is -2.38. The van der Waals surface area contributed by atoms with E-state index in [1.807, 2.05) is 0 Å². The Hall–Kier alpha value is 0.397. The Kier molecular flexibility index (Phi) is 7.10. The normalized spacial score (nSPS) is 33.5.